The van der Waals surface area contributed by atoms with Crippen LogP contribution in [-0.4, -0.2) is 20.9 Å². The minimum absolute atomic E-state index is 0.0300. The van der Waals surface area contributed by atoms with E-state index < -0.39 is 33.6 Å². The molecule has 0 aromatic heterocycles. The fraction of sp³-hybridized carbons (Fsp3) is 0.417. The molecule has 1 unspecified atom stereocenters. The lowest BCUT2D eigenvalue weighted by Crippen LogP contribution is -2.10. The summed E-state index contributed by atoms with van der Waals surface area (Å²) in [4.78, 5) is 31.2. The molecular formula is C12H14N2O6. The predicted octanol–water partition coefficient (Wildman–Crippen LogP) is 2.64. The van der Waals surface area contributed by atoms with E-state index in [9.17, 15) is 25.0 Å². The number of nitrogens with zero attached hydrogens (tertiary/aromatic N) is 2. The van der Waals surface area contributed by atoms with Gasteiger partial charge in [-0.3, -0.25) is 25.0 Å². The van der Waals surface area contributed by atoms with Crippen LogP contribution in [0.1, 0.15) is 37.3 Å². The van der Waals surface area contributed by atoms with Crippen LogP contribution in [0.2, 0.25) is 0 Å². The second-order valence-electron chi connectivity index (χ2n) is 4.43. The van der Waals surface area contributed by atoms with E-state index in [1.165, 1.54) is 6.07 Å². The van der Waals surface area contributed by atoms with Crippen molar-refractivity contribution >= 4 is 17.3 Å². The van der Waals surface area contributed by atoms with Gasteiger partial charge in [-0.25, -0.2) is 0 Å². The summed E-state index contributed by atoms with van der Waals surface area (Å²) in [6, 6.07) is 2.03. The van der Waals surface area contributed by atoms with Crippen molar-refractivity contribution in [2.75, 3.05) is 0 Å². The molecule has 0 bridgehead atoms. The van der Waals surface area contributed by atoms with E-state index in [1.807, 2.05) is 6.92 Å². The van der Waals surface area contributed by atoms with Crippen molar-refractivity contribution in [3.05, 3.63) is 43.5 Å². The maximum absolute atomic E-state index is 11.0. The van der Waals surface area contributed by atoms with E-state index in [1.54, 1.807) is 6.92 Å². The Kier molecular flexibility index (Phi) is 4.73. The van der Waals surface area contributed by atoms with Gasteiger partial charge in [-0.1, -0.05) is 13.8 Å². The van der Waals surface area contributed by atoms with Crippen LogP contribution in [0.15, 0.2) is 12.1 Å². The average Bonchev–Trinajstić information content (AvgIpc) is 2.36. The number of hydrogen-bond acceptors (Lipinski definition) is 5. The molecule has 0 radical (unpaired) electrons. The van der Waals surface area contributed by atoms with Crippen LogP contribution in [0.4, 0.5) is 11.4 Å². The molecule has 1 aromatic rings. The number of nitro benzene ring substituents is 2. The van der Waals surface area contributed by atoms with Gasteiger partial charge in [-0.2, -0.15) is 0 Å². The van der Waals surface area contributed by atoms with Crippen LogP contribution >= 0.6 is 0 Å². The minimum Gasteiger partial charge on any atom is -0.481 e. The molecule has 108 valence electrons. The zero-order valence-electron chi connectivity index (χ0n) is 11.0. The lowest BCUT2D eigenvalue weighted by atomic mass is 9.90. The largest absolute Gasteiger partial charge is 0.481 e. The second-order valence-corrected chi connectivity index (χ2v) is 4.43. The molecule has 0 aliphatic rings. The first-order valence-corrected chi connectivity index (χ1v) is 5.95. The Morgan fingerprint density at radius 2 is 1.90 bits per heavy atom. The molecule has 0 fully saturated rings. The van der Waals surface area contributed by atoms with Crippen LogP contribution in [0.25, 0.3) is 0 Å². The highest BCUT2D eigenvalue weighted by atomic mass is 16.6. The number of carboxylic acids is 1. The van der Waals surface area contributed by atoms with Gasteiger partial charge in [0.25, 0.3) is 11.4 Å². The van der Waals surface area contributed by atoms with Crippen LogP contribution in [0.5, 0.6) is 0 Å². The first-order chi connectivity index (χ1) is 9.27. The molecule has 1 atom stereocenters. The fourth-order valence-electron chi connectivity index (χ4n) is 1.93. The second kappa shape index (κ2) is 6.09. The highest BCUT2D eigenvalue weighted by Gasteiger charge is 2.27. The summed E-state index contributed by atoms with van der Waals surface area (Å²) in [5.74, 6) is -1.42. The van der Waals surface area contributed by atoms with Gasteiger partial charge in [0.15, 0.2) is 0 Å². The predicted molar refractivity (Wildman–Crippen MR) is 69.8 cm³/mol. The summed E-state index contributed by atoms with van der Waals surface area (Å²) in [6.07, 6.45) is 0.0545. The van der Waals surface area contributed by atoms with Gasteiger partial charge in [0.2, 0.25) is 0 Å². The summed E-state index contributed by atoms with van der Waals surface area (Å²) < 4.78 is 0. The van der Waals surface area contributed by atoms with Gasteiger partial charge in [-0.05, 0) is 17.9 Å². The van der Waals surface area contributed by atoms with E-state index in [2.05, 4.69) is 0 Å². The normalized spacial score (nSPS) is 11.9. The number of non-ortho nitro benzene ring substituents is 1. The number of aliphatic carboxylic acids is 1. The number of carboxylic acid groups (broad SMARTS) is 1. The van der Waals surface area contributed by atoms with E-state index >= 15 is 0 Å². The molecular weight excluding hydrogens is 268 g/mol. The summed E-state index contributed by atoms with van der Waals surface area (Å²) in [6.45, 7) is 3.56. The van der Waals surface area contributed by atoms with Crippen molar-refractivity contribution < 1.29 is 19.7 Å². The number of benzene rings is 1. The van der Waals surface area contributed by atoms with E-state index in [0.29, 0.717) is 12.0 Å². The molecule has 8 heteroatoms. The first-order valence-electron chi connectivity index (χ1n) is 5.95. The molecule has 20 heavy (non-hydrogen) atoms. The molecule has 0 aliphatic carbocycles. The lowest BCUT2D eigenvalue weighted by Gasteiger charge is -2.14. The van der Waals surface area contributed by atoms with Crippen LogP contribution < -0.4 is 0 Å². The first kappa shape index (κ1) is 15.5. The maximum atomic E-state index is 11.0. The third-order valence-corrected chi connectivity index (χ3v) is 3.12. The van der Waals surface area contributed by atoms with E-state index in [0.717, 1.165) is 6.07 Å². The summed E-state index contributed by atoms with van der Waals surface area (Å²) >= 11 is 0. The van der Waals surface area contributed by atoms with Gasteiger partial charge < -0.3 is 5.11 Å². The van der Waals surface area contributed by atoms with Crippen molar-refractivity contribution in [1.82, 2.24) is 0 Å². The molecule has 8 nitrogen and oxygen atoms in total. The molecule has 0 aliphatic heterocycles. The number of nitro groups is 2. The van der Waals surface area contributed by atoms with Gasteiger partial charge in [0, 0.05) is 11.6 Å². The van der Waals surface area contributed by atoms with Crippen LogP contribution in [0, 0.1) is 20.2 Å². The van der Waals surface area contributed by atoms with Crippen molar-refractivity contribution in [3.8, 4) is 0 Å². The topological polar surface area (TPSA) is 124 Å². The third-order valence-electron chi connectivity index (χ3n) is 3.12. The SMILES string of the molecule is CCC(C)c1cc([N+](=O)[O-])cc([N+](=O)[O-])c1CC(=O)O. The van der Waals surface area contributed by atoms with Crippen molar-refractivity contribution in [2.24, 2.45) is 0 Å². The number of hydrogen-bond donors (Lipinski definition) is 1. The van der Waals surface area contributed by atoms with E-state index in [4.69, 9.17) is 5.11 Å². The van der Waals surface area contributed by atoms with Gasteiger partial charge in [0.05, 0.1) is 22.3 Å². The van der Waals surface area contributed by atoms with Crippen molar-refractivity contribution in [2.45, 2.75) is 32.6 Å². The molecule has 1 N–H and O–H groups in total. The monoisotopic (exact) mass is 282 g/mol. The Hall–Kier alpha value is -2.51. The minimum atomic E-state index is -1.22. The van der Waals surface area contributed by atoms with Gasteiger partial charge >= 0.3 is 5.97 Å². The zero-order valence-corrected chi connectivity index (χ0v) is 11.0. The standard InChI is InChI=1S/C12H14N2O6/c1-3-7(2)9-4-8(13(17)18)5-11(14(19)20)10(9)6-12(15)16/h4-5,7H,3,6H2,1-2H3,(H,15,16). The fourth-order valence-corrected chi connectivity index (χ4v) is 1.93. The third kappa shape index (κ3) is 3.28. The lowest BCUT2D eigenvalue weighted by molar-refractivity contribution is -0.394. The Morgan fingerprint density at radius 1 is 1.30 bits per heavy atom. The van der Waals surface area contributed by atoms with Gasteiger partial charge in [-0.15, -0.1) is 0 Å². The summed E-state index contributed by atoms with van der Waals surface area (Å²) in [7, 11) is 0. The maximum Gasteiger partial charge on any atom is 0.308 e. The van der Waals surface area contributed by atoms with E-state index in [-0.39, 0.29) is 11.5 Å². The molecule has 1 rings (SSSR count). The van der Waals surface area contributed by atoms with Crippen LogP contribution in [-0.2, 0) is 11.2 Å². The van der Waals surface area contributed by atoms with Crippen LogP contribution in [0.3, 0.4) is 0 Å². The van der Waals surface area contributed by atoms with Crippen molar-refractivity contribution in [1.29, 1.82) is 0 Å². The summed E-state index contributed by atoms with van der Waals surface area (Å²) in [5.41, 5.74) is -0.545. The smallest absolute Gasteiger partial charge is 0.308 e. The Balaban J connectivity index is 3.61. The Labute approximate surface area is 114 Å². The Bertz CT molecular complexity index is 569. The van der Waals surface area contributed by atoms with Crippen molar-refractivity contribution in [3.63, 3.8) is 0 Å². The zero-order chi connectivity index (χ0) is 15.4. The molecule has 0 heterocycles. The van der Waals surface area contributed by atoms with Gasteiger partial charge in [0.1, 0.15) is 0 Å². The molecule has 0 spiro atoms. The molecule has 0 saturated heterocycles. The highest BCUT2D eigenvalue weighted by molar-refractivity contribution is 5.74. The molecule has 0 amide bonds. The molecule has 0 saturated carbocycles. The molecule has 1 aromatic carbocycles. The average molecular weight is 282 g/mol. The summed E-state index contributed by atoms with van der Waals surface area (Å²) in [5, 5.41) is 30.7. The number of carbonyl (C=O) groups is 1. The quantitative estimate of drug-likeness (QED) is 0.631. The Morgan fingerprint density at radius 3 is 2.30 bits per heavy atom. The number of rotatable bonds is 6. The highest BCUT2D eigenvalue weighted by Crippen LogP contribution is 2.34.